The van der Waals surface area contributed by atoms with Crippen LogP contribution in [0.2, 0.25) is 0 Å². The zero-order chi connectivity index (χ0) is 8.10. The second-order valence-corrected chi connectivity index (χ2v) is 2.27. The summed E-state index contributed by atoms with van der Waals surface area (Å²) in [6.45, 7) is 0.490. The van der Waals surface area contributed by atoms with E-state index in [1.807, 2.05) is 0 Å². The Hall–Kier alpha value is -1.09. The molecule has 1 aromatic rings. The van der Waals surface area contributed by atoms with Gasteiger partial charge in [0.15, 0.2) is 5.78 Å². The third kappa shape index (κ3) is 2.20. The summed E-state index contributed by atoms with van der Waals surface area (Å²) in [5, 5.41) is 0. The molecule has 0 spiro atoms. The van der Waals surface area contributed by atoms with Gasteiger partial charge in [-0.3, -0.25) is 4.79 Å². The topological polar surface area (TPSA) is 42.1 Å². The van der Waals surface area contributed by atoms with E-state index in [9.17, 15) is 4.79 Å². The van der Waals surface area contributed by atoms with Crippen LogP contribution < -0.4 is 0 Å². The summed E-state index contributed by atoms with van der Waals surface area (Å²) in [7, 11) is 1.59. The highest BCUT2D eigenvalue weighted by Crippen LogP contribution is 2.00. The van der Waals surface area contributed by atoms with Gasteiger partial charge in [-0.25, -0.2) is 0 Å². The number of methoxy groups -OCH3 is 1. The van der Waals surface area contributed by atoms with Gasteiger partial charge in [0.05, 0.1) is 6.61 Å². The molecule has 1 rings (SSSR count). The summed E-state index contributed by atoms with van der Waals surface area (Å²) in [6.07, 6.45) is 3.88. The Morgan fingerprint density at radius 1 is 1.73 bits per heavy atom. The van der Waals surface area contributed by atoms with Crippen LogP contribution in [-0.4, -0.2) is 24.5 Å². The molecular weight excluding hydrogens is 142 g/mol. The number of rotatable bonds is 4. The molecule has 0 atom stereocenters. The fourth-order valence-electron chi connectivity index (χ4n) is 0.836. The molecule has 0 aliphatic carbocycles. The van der Waals surface area contributed by atoms with E-state index in [2.05, 4.69) is 4.98 Å². The summed E-state index contributed by atoms with van der Waals surface area (Å²) in [5.74, 6) is 0.119. The zero-order valence-corrected chi connectivity index (χ0v) is 6.46. The van der Waals surface area contributed by atoms with E-state index >= 15 is 0 Å². The van der Waals surface area contributed by atoms with E-state index in [0.717, 1.165) is 5.56 Å². The number of carbonyl (C=O) groups excluding carboxylic acids is 1. The number of ketones is 1. The fourth-order valence-corrected chi connectivity index (χ4v) is 0.836. The highest BCUT2D eigenvalue weighted by Gasteiger charge is 2.03. The first kappa shape index (κ1) is 8.01. The average Bonchev–Trinajstić information content (AvgIpc) is 2.52. The van der Waals surface area contributed by atoms with Crippen LogP contribution in [0.1, 0.15) is 16.8 Å². The predicted octanol–water partition coefficient (Wildman–Crippen LogP) is 1.23. The van der Waals surface area contributed by atoms with Gasteiger partial charge >= 0.3 is 0 Å². The van der Waals surface area contributed by atoms with Crippen LogP contribution in [0, 0.1) is 0 Å². The molecule has 3 heteroatoms. The molecule has 0 bridgehead atoms. The molecule has 0 fully saturated rings. The molecular formula is C8H11NO2. The Morgan fingerprint density at radius 3 is 3.09 bits per heavy atom. The second-order valence-electron chi connectivity index (χ2n) is 2.27. The molecule has 0 aromatic carbocycles. The van der Waals surface area contributed by atoms with Crippen molar-refractivity contribution in [3.8, 4) is 0 Å². The summed E-state index contributed by atoms with van der Waals surface area (Å²) in [6, 6.07) is 1.76. The van der Waals surface area contributed by atoms with E-state index in [1.54, 1.807) is 25.6 Å². The molecule has 1 heterocycles. The molecule has 1 N–H and O–H groups in total. The van der Waals surface area contributed by atoms with Crippen molar-refractivity contribution in [2.24, 2.45) is 0 Å². The second kappa shape index (κ2) is 3.93. The number of carbonyl (C=O) groups is 1. The van der Waals surface area contributed by atoms with Crippen LogP contribution in [0.15, 0.2) is 18.5 Å². The lowest BCUT2D eigenvalue weighted by atomic mass is 10.2. The molecule has 0 aliphatic heterocycles. The largest absolute Gasteiger partial charge is 0.384 e. The lowest BCUT2D eigenvalue weighted by Crippen LogP contribution is -2.01. The SMILES string of the molecule is COCCC(=O)c1cc[nH]c1. The van der Waals surface area contributed by atoms with Gasteiger partial charge in [0.2, 0.25) is 0 Å². The third-order valence-corrected chi connectivity index (χ3v) is 1.45. The normalized spacial score (nSPS) is 9.91. The summed E-state index contributed by atoms with van der Waals surface area (Å²) < 4.78 is 4.78. The molecule has 3 nitrogen and oxygen atoms in total. The highest BCUT2D eigenvalue weighted by atomic mass is 16.5. The Bertz CT molecular complexity index is 216. The highest BCUT2D eigenvalue weighted by molar-refractivity contribution is 5.95. The van der Waals surface area contributed by atoms with Crippen molar-refractivity contribution in [2.45, 2.75) is 6.42 Å². The number of nitrogens with one attached hydrogen (secondary N) is 1. The van der Waals surface area contributed by atoms with Gasteiger partial charge in [-0.2, -0.15) is 0 Å². The molecule has 0 amide bonds. The van der Waals surface area contributed by atoms with Crippen LogP contribution >= 0.6 is 0 Å². The smallest absolute Gasteiger partial charge is 0.166 e. The number of ether oxygens (including phenoxy) is 1. The Kier molecular flexibility index (Phi) is 2.86. The maximum atomic E-state index is 11.2. The minimum absolute atomic E-state index is 0.119. The first-order valence-electron chi connectivity index (χ1n) is 3.49. The molecule has 0 unspecified atom stereocenters. The lowest BCUT2D eigenvalue weighted by Gasteiger charge is -1.95. The predicted molar refractivity (Wildman–Crippen MR) is 41.6 cm³/mol. The summed E-state index contributed by atoms with van der Waals surface area (Å²) in [4.78, 5) is 14.0. The van der Waals surface area contributed by atoms with E-state index in [1.165, 1.54) is 0 Å². The van der Waals surface area contributed by atoms with Gasteiger partial charge in [0.25, 0.3) is 0 Å². The lowest BCUT2D eigenvalue weighted by molar-refractivity contribution is 0.0932. The Balaban J connectivity index is 2.43. The van der Waals surface area contributed by atoms with Gasteiger partial charge in [0, 0.05) is 31.5 Å². The molecule has 0 radical (unpaired) electrons. The molecule has 60 valence electrons. The maximum absolute atomic E-state index is 11.2. The van der Waals surface area contributed by atoms with Crippen molar-refractivity contribution < 1.29 is 9.53 Å². The Morgan fingerprint density at radius 2 is 2.55 bits per heavy atom. The minimum atomic E-state index is 0.119. The van der Waals surface area contributed by atoms with Gasteiger partial charge in [-0.05, 0) is 6.07 Å². The van der Waals surface area contributed by atoms with E-state index in [0.29, 0.717) is 13.0 Å². The summed E-state index contributed by atoms with van der Waals surface area (Å²) in [5.41, 5.74) is 0.724. The number of hydrogen-bond donors (Lipinski definition) is 1. The first-order valence-corrected chi connectivity index (χ1v) is 3.49. The number of aromatic nitrogens is 1. The number of aromatic amines is 1. The maximum Gasteiger partial charge on any atom is 0.166 e. The van der Waals surface area contributed by atoms with Gasteiger partial charge < -0.3 is 9.72 Å². The van der Waals surface area contributed by atoms with E-state index in [-0.39, 0.29) is 5.78 Å². The van der Waals surface area contributed by atoms with E-state index in [4.69, 9.17) is 4.74 Å². The molecule has 0 saturated heterocycles. The standard InChI is InChI=1S/C8H11NO2/c1-11-5-3-8(10)7-2-4-9-6-7/h2,4,6,9H,3,5H2,1H3. The van der Waals surface area contributed by atoms with Gasteiger partial charge in [0.1, 0.15) is 0 Å². The monoisotopic (exact) mass is 153 g/mol. The van der Waals surface area contributed by atoms with Crippen molar-refractivity contribution in [3.63, 3.8) is 0 Å². The number of hydrogen-bond acceptors (Lipinski definition) is 2. The van der Waals surface area contributed by atoms with Crippen LogP contribution in [0.4, 0.5) is 0 Å². The molecule has 1 aromatic heterocycles. The number of H-pyrrole nitrogens is 1. The summed E-state index contributed by atoms with van der Waals surface area (Å²) >= 11 is 0. The third-order valence-electron chi connectivity index (χ3n) is 1.45. The van der Waals surface area contributed by atoms with Gasteiger partial charge in [-0.1, -0.05) is 0 Å². The van der Waals surface area contributed by atoms with Gasteiger partial charge in [-0.15, -0.1) is 0 Å². The van der Waals surface area contributed by atoms with Crippen molar-refractivity contribution in [3.05, 3.63) is 24.0 Å². The number of Topliss-reactive ketones (excluding diaryl/α,β-unsaturated/α-hetero) is 1. The fraction of sp³-hybridized carbons (Fsp3) is 0.375. The average molecular weight is 153 g/mol. The van der Waals surface area contributed by atoms with Crippen LogP contribution in [0.3, 0.4) is 0 Å². The quantitative estimate of drug-likeness (QED) is 0.661. The molecule has 0 aliphatic rings. The van der Waals surface area contributed by atoms with Crippen LogP contribution in [0.25, 0.3) is 0 Å². The zero-order valence-electron chi connectivity index (χ0n) is 6.46. The first-order chi connectivity index (χ1) is 5.34. The van der Waals surface area contributed by atoms with Crippen molar-refractivity contribution in [2.75, 3.05) is 13.7 Å². The van der Waals surface area contributed by atoms with Crippen molar-refractivity contribution in [1.82, 2.24) is 4.98 Å². The van der Waals surface area contributed by atoms with Crippen molar-refractivity contribution in [1.29, 1.82) is 0 Å². The Labute approximate surface area is 65.4 Å². The minimum Gasteiger partial charge on any atom is -0.384 e. The van der Waals surface area contributed by atoms with E-state index < -0.39 is 0 Å². The molecule has 0 saturated carbocycles. The van der Waals surface area contributed by atoms with Crippen LogP contribution in [-0.2, 0) is 4.74 Å². The molecule has 11 heavy (non-hydrogen) atoms. The van der Waals surface area contributed by atoms with Crippen LogP contribution in [0.5, 0.6) is 0 Å². The van der Waals surface area contributed by atoms with Crippen molar-refractivity contribution >= 4 is 5.78 Å².